The fraction of sp³-hybridized carbons (Fsp3) is 0.375. The molecule has 0 spiro atoms. The van der Waals surface area contributed by atoms with Gasteiger partial charge in [0, 0.05) is 22.3 Å². The highest BCUT2D eigenvalue weighted by Crippen LogP contribution is 2.31. The van der Waals surface area contributed by atoms with E-state index in [1.807, 2.05) is 6.92 Å². The Kier molecular flexibility index (Phi) is 4.16. The van der Waals surface area contributed by atoms with Crippen molar-refractivity contribution in [2.75, 3.05) is 0 Å². The average Bonchev–Trinajstić information content (AvgIpc) is 3.23. The average molecular weight is 322 g/mol. The van der Waals surface area contributed by atoms with E-state index in [0.717, 1.165) is 25.0 Å². The van der Waals surface area contributed by atoms with Crippen molar-refractivity contribution in [2.24, 2.45) is 0 Å². The van der Waals surface area contributed by atoms with Gasteiger partial charge in [0.05, 0.1) is 6.54 Å². The maximum Gasteiger partial charge on any atom is 0.274 e. The number of carbonyl (C=O) groups is 1. The van der Waals surface area contributed by atoms with E-state index >= 15 is 0 Å². The van der Waals surface area contributed by atoms with Crippen molar-refractivity contribution in [1.29, 1.82) is 0 Å². The summed E-state index contributed by atoms with van der Waals surface area (Å²) in [6, 6.07) is 6.46. The van der Waals surface area contributed by atoms with Crippen LogP contribution >= 0.6 is 11.6 Å². The molecule has 6 heteroatoms. The van der Waals surface area contributed by atoms with Crippen molar-refractivity contribution < 1.29 is 9.18 Å². The van der Waals surface area contributed by atoms with Crippen LogP contribution in [0.5, 0.6) is 0 Å². The zero-order chi connectivity index (χ0) is 15.7. The number of halogens is 2. The minimum Gasteiger partial charge on any atom is -0.330 e. The number of carbonyl (C=O) groups excluding carboxylic acids is 1. The molecule has 1 heterocycles. The van der Waals surface area contributed by atoms with Gasteiger partial charge in [0.2, 0.25) is 0 Å². The van der Waals surface area contributed by atoms with E-state index in [0.29, 0.717) is 16.3 Å². The molecule has 0 atom stereocenters. The molecule has 0 aliphatic heterocycles. The van der Waals surface area contributed by atoms with Crippen molar-refractivity contribution in [3.05, 3.63) is 52.1 Å². The van der Waals surface area contributed by atoms with Crippen LogP contribution in [0.4, 0.5) is 4.39 Å². The van der Waals surface area contributed by atoms with Crippen LogP contribution in [0.3, 0.4) is 0 Å². The van der Waals surface area contributed by atoms with Gasteiger partial charge in [0.15, 0.2) is 0 Å². The van der Waals surface area contributed by atoms with Crippen LogP contribution < -0.4 is 0 Å². The second-order valence-corrected chi connectivity index (χ2v) is 5.90. The predicted molar refractivity (Wildman–Crippen MR) is 82.3 cm³/mol. The van der Waals surface area contributed by atoms with Crippen molar-refractivity contribution in [3.8, 4) is 0 Å². The van der Waals surface area contributed by atoms with Gasteiger partial charge in [-0.3, -0.25) is 9.89 Å². The molecule has 22 heavy (non-hydrogen) atoms. The molecule has 0 radical (unpaired) electrons. The van der Waals surface area contributed by atoms with Crippen molar-refractivity contribution in [2.45, 2.75) is 38.8 Å². The summed E-state index contributed by atoms with van der Waals surface area (Å²) in [5.74, 6) is -0.569. The first-order chi connectivity index (χ1) is 10.6. The second kappa shape index (κ2) is 6.08. The number of nitrogens with one attached hydrogen (secondary N) is 1. The molecule has 0 saturated heterocycles. The zero-order valence-corrected chi connectivity index (χ0v) is 13.0. The van der Waals surface area contributed by atoms with Crippen LogP contribution in [0.1, 0.15) is 41.5 Å². The molecule has 1 aliphatic carbocycles. The molecule has 3 rings (SSSR count). The van der Waals surface area contributed by atoms with Crippen LogP contribution in [0.25, 0.3) is 0 Å². The Morgan fingerprint density at radius 1 is 1.50 bits per heavy atom. The third kappa shape index (κ3) is 2.99. The highest BCUT2D eigenvalue weighted by atomic mass is 35.5. The van der Waals surface area contributed by atoms with E-state index in [1.54, 1.807) is 23.1 Å². The molecule has 1 aliphatic rings. The quantitative estimate of drug-likeness (QED) is 0.915. The molecular formula is C16H17ClFN3O. The summed E-state index contributed by atoms with van der Waals surface area (Å²) in [5, 5.41) is 7.24. The normalized spacial score (nSPS) is 14.1. The molecule has 2 aromatic rings. The van der Waals surface area contributed by atoms with E-state index < -0.39 is 0 Å². The van der Waals surface area contributed by atoms with Gasteiger partial charge in [-0.25, -0.2) is 4.39 Å². The largest absolute Gasteiger partial charge is 0.330 e. The number of hydrogen-bond donors (Lipinski definition) is 1. The van der Waals surface area contributed by atoms with Crippen LogP contribution in [0.15, 0.2) is 24.3 Å². The smallest absolute Gasteiger partial charge is 0.274 e. The zero-order valence-electron chi connectivity index (χ0n) is 12.3. The molecule has 1 amide bonds. The number of amides is 1. The van der Waals surface area contributed by atoms with Gasteiger partial charge in [-0.05, 0) is 37.5 Å². The highest BCUT2D eigenvalue weighted by molar-refractivity contribution is 6.31. The Hall–Kier alpha value is -1.88. The van der Waals surface area contributed by atoms with E-state index in [2.05, 4.69) is 10.2 Å². The fourth-order valence-electron chi connectivity index (χ4n) is 2.41. The van der Waals surface area contributed by atoms with E-state index in [1.165, 1.54) is 6.07 Å². The summed E-state index contributed by atoms with van der Waals surface area (Å²) in [7, 11) is 0. The third-order valence-electron chi connectivity index (χ3n) is 3.87. The second-order valence-electron chi connectivity index (χ2n) is 5.50. The van der Waals surface area contributed by atoms with Crippen LogP contribution in [-0.4, -0.2) is 27.0 Å². The fourth-order valence-corrected chi connectivity index (χ4v) is 2.63. The van der Waals surface area contributed by atoms with E-state index in [4.69, 9.17) is 11.6 Å². The Labute approximate surface area is 133 Å². The van der Waals surface area contributed by atoms with E-state index in [9.17, 15) is 9.18 Å². The molecule has 116 valence electrons. The number of benzene rings is 1. The number of aromatic nitrogens is 2. The van der Waals surface area contributed by atoms with Crippen molar-refractivity contribution in [3.63, 3.8) is 0 Å². The molecule has 1 aromatic heterocycles. The minimum absolute atomic E-state index is 0.143. The topological polar surface area (TPSA) is 49.0 Å². The van der Waals surface area contributed by atoms with Crippen LogP contribution in [0, 0.1) is 5.82 Å². The summed E-state index contributed by atoms with van der Waals surface area (Å²) in [6.07, 6.45) is 2.65. The Bertz CT molecular complexity index is 676. The number of rotatable bonds is 5. The third-order valence-corrected chi connectivity index (χ3v) is 4.22. The van der Waals surface area contributed by atoms with Crippen molar-refractivity contribution in [1.82, 2.24) is 15.1 Å². The molecule has 1 N–H and O–H groups in total. The molecular weight excluding hydrogens is 305 g/mol. The van der Waals surface area contributed by atoms with Gasteiger partial charge >= 0.3 is 0 Å². The number of hydrogen-bond acceptors (Lipinski definition) is 2. The molecule has 1 aromatic carbocycles. The standard InChI is InChI=1S/C16H17ClFN3O/c1-2-10-8-15(20-19-10)16(22)21(11-6-7-11)9-12-13(17)4-3-5-14(12)18/h3-5,8,11H,2,6-7,9H2,1H3,(H,19,20). The first-order valence-corrected chi connectivity index (χ1v) is 7.76. The first kappa shape index (κ1) is 15.0. The van der Waals surface area contributed by atoms with Gasteiger partial charge in [-0.15, -0.1) is 0 Å². The van der Waals surface area contributed by atoms with Gasteiger partial charge < -0.3 is 4.90 Å². The minimum atomic E-state index is -0.387. The van der Waals surface area contributed by atoms with Crippen LogP contribution in [0.2, 0.25) is 5.02 Å². The highest BCUT2D eigenvalue weighted by Gasteiger charge is 2.34. The number of aryl methyl sites for hydroxylation is 1. The summed E-state index contributed by atoms with van der Waals surface area (Å²) < 4.78 is 14.0. The van der Waals surface area contributed by atoms with Gasteiger partial charge in [0.25, 0.3) is 5.91 Å². The van der Waals surface area contributed by atoms with Gasteiger partial charge in [-0.1, -0.05) is 24.6 Å². The predicted octanol–water partition coefficient (Wildman–Crippen LogP) is 3.57. The van der Waals surface area contributed by atoms with Crippen molar-refractivity contribution >= 4 is 17.5 Å². The lowest BCUT2D eigenvalue weighted by atomic mass is 10.2. The Morgan fingerprint density at radius 2 is 2.27 bits per heavy atom. The SMILES string of the molecule is CCc1cc(C(=O)N(Cc2c(F)cccc2Cl)C2CC2)n[nH]1. The van der Waals surface area contributed by atoms with Crippen LogP contribution in [-0.2, 0) is 13.0 Å². The molecule has 4 nitrogen and oxygen atoms in total. The lowest BCUT2D eigenvalue weighted by Crippen LogP contribution is -2.33. The summed E-state index contributed by atoms with van der Waals surface area (Å²) in [5.41, 5.74) is 1.63. The Morgan fingerprint density at radius 3 is 2.86 bits per heavy atom. The lowest BCUT2D eigenvalue weighted by molar-refractivity contribution is 0.0722. The monoisotopic (exact) mass is 321 g/mol. The summed E-state index contributed by atoms with van der Waals surface area (Å²) >= 11 is 6.08. The summed E-state index contributed by atoms with van der Waals surface area (Å²) in [4.78, 5) is 14.3. The summed E-state index contributed by atoms with van der Waals surface area (Å²) in [6.45, 7) is 2.16. The Balaban J connectivity index is 1.85. The first-order valence-electron chi connectivity index (χ1n) is 7.38. The number of H-pyrrole nitrogens is 1. The number of nitrogens with zero attached hydrogens (tertiary/aromatic N) is 2. The van der Waals surface area contributed by atoms with Gasteiger partial charge in [-0.2, -0.15) is 5.10 Å². The molecule has 0 unspecified atom stereocenters. The maximum absolute atomic E-state index is 14.0. The molecule has 1 fully saturated rings. The number of aromatic amines is 1. The molecule has 1 saturated carbocycles. The van der Waals surface area contributed by atoms with E-state index in [-0.39, 0.29) is 24.3 Å². The lowest BCUT2D eigenvalue weighted by Gasteiger charge is -2.22. The molecule has 0 bridgehead atoms. The van der Waals surface area contributed by atoms with Gasteiger partial charge in [0.1, 0.15) is 11.5 Å². The maximum atomic E-state index is 14.0.